The van der Waals surface area contributed by atoms with Crippen LogP contribution in [-0.2, 0) is 11.2 Å². The molecule has 0 aliphatic heterocycles. The van der Waals surface area contributed by atoms with E-state index in [-0.39, 0.29) is 5.69 Å². The van der Waals surface area contributed by atoms with Gasteiger partial charge in [-0.2, -0.15) is 0 Å². The predicted molar refractivity (Wildman–Crippen MR) is 64.1 cm³/mol. The summed E-state index contributed by atoms with van der Waals surface area (Å²) < 4.78 is 0. The van der Waals surface area contributed by atoms with Gasteiger partial charge in [0.1, 0.15) is 11.7 Å². The number of nitrogens with two attached hydrogens (primary N) is 1. The fourth-order valence-corrected chi connectivity index (χ4v) is 2.02. The molecule has 1 unspecified atom stereocenters. The van der Waals surface area contributed by atoms with Gasteiger partial charge in [0.2, 0.25) is 0 Å². The molecule has 1 atom stereocenters. The molecule has 0 radical (unpaired) electrons. The van der Waals surface area contributed by atoms with Crippen LogP contribution in [0.1, 0.15) is 28.8 Å². The van der Waals surface area contributed by atoms with Crippen LogP contribution >= 0.6 is 11.3 Å². The minimum Gasteiger partial charge on any atom is -0.480 e. The van der Waals surface area contributed by atoms with Crippen LogP contribution in [0.2, 0.25) is 0 Å². The second-order valence-electron chi connectivity index (χ2n) is 3.44. The Morgan fingerprint density at radius 2 is 2.35 bits per heavy atom. The van der Waals surface area contributed by atoms with Crippen molar-refractivity contribution in [3.63, 3.8) is 0 Å². The Kier molecular flexibility index (Phi) is 5.05. The SMILES string of the molecule is CCC(NC(=O)c1csc(CCN)n1)C(=O)O. The second-order valence-corrected chi connectivity index (χ2v) is 4.38. The van der Waals surface area contributed by atoms with E-state index in [4.69, 9.17) is 10.8 Å². The molecule has 1 heterocycles. The fourth-order valence-electron chi connectivity index (χ4n) is 1.22. The molecule has 94 valence electrons. The summed E-state index contributed by atoms with van der Waals surface area (Å²) in [6.45, 7) is 2.17. The minimum atomic E-state index is -1.04. The number of aromatic nitrogens is 1. The average Bonchev–Trinajstić information content (AvgIpc) is 2.74. The first-order valence-corrected chi connectivity index (χ1v) is 6.14. The highest BCUT2D eigenvalue weighted by molar-refractivity contribution is 7.09. The molecule has 0 spiro atoms. The maximum absolute atomic E-state index is 11.7. The summed E-state index contributed by atoms with van der Waals surface area (Å²) in [4.78, 5) is 26.5. The summed E-state index contributed by atoms with van der Waals surface area (Å²) in [5.74, 6) is -1.50. The smallest absolute Gasteiger partial charge is 0.326 e. The number of nitrogens with one attached hydrogen (secondary N) is 1. The molecule has 6 nitrogen and oxygen atoms in total. The molecule has 1 amide bonds. The molecule has 4 N–H and O–H groups in total. The largest absolute Gasteiger partial charge is 0.480 e. The maximum atomic E-state index is 11.7. The Hall–Kier alpha value is -1.47. The summed E-state index contributed by atoms with van der Waals surface area (Å²) >= 11 is 1.35. The number of carboxylic acids is 1. The Labute approximate surface area is 103 Å². The van der Waals surface area contributed by atoms with Crippen molar-refractivity contribution in [3.8, 4) is 0 Å². The molecule has 0 bridgehead atoms. The van der Waals surface area contributed by atoms with Crippen LogP contribution in [0.3, 0.4) is 0 Å². The predicted octanol–water partition coefficient (Wildman–Crippen LogP) is 0.237. The van der Waals surface area contributed by atoms with Crippen molar-refractivity contribution in [3.05, 3.63) is 16.1 Å². The van der Waals surface area contributed by atoms with Crippen LogP contribution in [0.4, 0.5) is 0 Å². The van der Waals surface area contributed by atoms with E-state index in [0.29, 0.717) is 19.4 Å². The van der Waals surface area contributed by atoms with E-state index in [0.717, 1.165) is 5.01 Å². The zero-order valence-corrected chi connectivity index (χ0v) is 10.3. The first-order chi connectivity index (χ1) is 8.08. The molecular weight excluding hydrogens is 242 g/mol. The molecule has 7 heteroatoms. The molecule has 1 aromatic heterocycles. The Bertz CT molecular complexity index is 405. The van der Waals surface area contributed by atoms with Gasteiger partial charge in [0.05, 0.1) is 5.01 Å². The zero-order valence-electron chi connectivity index (χ0n) is 9.47. The number of carboxylic acid groups (broad SMARTS) is 1. The van der Waals surface area contributed by atoms with E-state index in [1.165, 1.54) is 11.3 Å². The van der Waals surface area contributed by atoms with Crippen LogP contribution in [0.5, 0.6) is 0 Å². The summed E-state index contributed by atoms with van der Waals surface area (Å²) in [6.07, 6.45) is 0.953. The highest BCUT2D eigenvalue weighted by atomic mass is 32.1. The van der Waals surface area contributed by atoms with E-state index in [1.807, 2.05) is 0 Å². The van der Waals surface area contributed by atoms with Crippen LogP contribution < -0.4 is 11.1 Å². The van der Waals surface area contributed by atoms with Gasteiger partial charge < -0.3 is 16.2 Å². The number of carbonyl (C=O) groups excluding carboxylic acids is 1. The lowest BCUT2D eigenvalue weighted by Gasteiger charge is -2.10. The van der Waals surface area contributed by atoms with Gasteiger partial charge in [-0.05, 0) is 13.0 Å². The van der Waals surface area contributed by atoms with Gasteiger partial charge in [-0.1, -0.05) is 6.92 Å². The number of rotatable bonds is 6. The zero-order chi connectivity index (χ0) is 12.8. The lowest BCUT2D eigenvalue weighted by molar-refractivity contribution is -0.139. The maximum Gasteiger partial charge on any atom is 0.326 e. The standard InChI is InChI=1S/C10H15N3O3S/c1-2-6(10(15)16)13-9(14)7-5-17-8(12-7)3-4-11/h5-6H,2-4,11H2,1H3,(H,13,14)(H,15,16). The number of amides is 1. The lowest BCUT2D eigenvalue weighted by atomic mass is 10.2. The molecule has 0 aliphatic carbocycles. The van der Waals surface area contributed by atoms with Crippen molar-refractivity contribution in [2.75, 3.05) is 6.54 Å². The van der Waals surface area contributed by atoms with E-state index in [9.17, 15) is 9.59 Å². The van der Waals surface area contributed by atoms with Gasteiger partial charge in [-0.15, -0.1) is 11.3 Å². The summed E-state index contributed by atoms with van der Waals surface area (Å²) in [5, 5.41) is 13.6. The second kappa shape index (κ2) is 6.31. The molecule has 0 aliphatic rings. The molecule has 0 saturated heterocycles. The van der Waals surface area contributed by atoms with E-state index in [2.05, 4.69) is 10.3 Å². The summed E-state index contributed by atoms with van der Waals surface area (Å²) in [7, 11) is 0. The first-order valence-electron chi connectivity index (χ1n) is 5.26. The molecule has 0 saturated carbocycles. The topological polar surface area (TPSA) is 105 Å². The van der Waals surface area contributed by atoms with Crippen molar-refractivity contribution < 1.29 is 14.7 Å². The molecule has 0 aromatic carbocycles. The molecule has 17 heavy (non-hydrogen) atoms. The normalized spacial score (nSPS) is 12.1. The lowest BCUT2D eigenvalue weighted by Crippen LogP contribution is -2.40. The van der Waals surface area contributed by atoms with Crippen molar-refractivity contribution in [1.29, 1.82) is 0 Å². The Morgan fingerprint density at radius 1 is 1.65 bits per heavy atom. The average molecular weight is 257 g/mol. The van der Waals surface area contributed by atoms with Gasteiger partial charge in [-0.25, -0.2) is 9.78 Å². The summed E-state index contributed by atoms with van der Waals surface area (Å²) in [5.41, 5.74) is 5.62. The fraction of sp³-hybridized carbons (Fsp3) is 0.500. The third-order valence-electron chi connectivity index (χ3n) is 2.15. The van der Waals surface area contributed by atoms with Crippen LogP contribution in [0.15, 0.2) is 5.38 Å². The van der Waals surface area contributed by atoms with Crippen LogP contribution in [0.25, 0.3) is 0 Å². The Balaban J connectivity index is 2.65. The molecular formula is C10H15N3O3S. The number of hydrogen-bond acceptors (Lipinski definition) is 5. The Morgan fingerprint density at radius 3 is 2.88 bits per heavy atom. The summed E-state index contributed by atoms with van der Waals surface area (Å²) in [6, 6.07) is -0.873. The van der Waals surface area contributed by atoms with Crippen molar-refractivity contribution in [1.82, 2.24) is 10.3 Å². The van der Waals surface area contributed by atoms with Gasteiger partial charge in [-0.3, -0.25) is 4.79 Å². The van der Waals surface area contributed by atoms with Crippen LogP contribution in [-0.4, -0.2) is 34.6 Å². The quantitative estimate of drug-likeness (QED) is 0.677. The molecule has 1 rings (SSSR count). The highest BCUT2D eigenvalue weighted by Crippen LogP contribution is 2.10. The van der Waals surface area contributed by atoms with E-state index < -0.39 is 17.9 Å². The number of nitrogens with zero attached hydrogens (tertiary/aromatic N) is 1. The van der Waals surface area contributed by atoms with Gasteiger partial charge >= 0.3 is 5.97 Å². The van der Waals surface area contributed by atoms with Crippen molar-refractivity contribution in [2.24, 2.45) is 5.73 Å². The van der Waals surface area contributed by atoms with E-state index >= 15 is 0 Å². The monoisotopic (exact) mass is 257 g/mol. The van der Waals surface area contributed by atoms with Gasteiger partial charge in [0.25, 0.3) is 5.91 Å². The number of hydrogen-bond donors (Lipinski definition) is 3. The molecule has 0 fully saturated rings. The van der Waals surface area contributed by atoms with E-state index in [1.54, 1.807) is 12.3 Å². The molecule has 1 aromatic rings. The third-order valence-corrected chi connectivity index (χ3v) is 3.06. The first kappa shape index (κ1) is 13.6. The number of carbonyl (C=O) groups is 2. The van der Waals surface area contributed by atoms with Gasteiger partial charge in [0.15, 0.2) is 0 Å². The third kappa shape index (κ3) is 3.79. The minimum absolute atomic E-state index is 0.248. The van der Waals surface area contributed by atoms with Gasteiger partial charge in [0, 0.05) is 11.8 Å². The number of thiazole rings is 1. The van der Waals surface area contributed by atoms with Crippen molar-refractivity contribution in [2.45, 2.75) is 25.8 Å². The van der Waals surface area contributed by atoms with Crippen LogP contribution in [0, 0.1) is 0 Å². The highest BCUT2D eigenvalue weighted by Gasteiger charge is 2.19. The van der Waals surface area contributed by atoms with Crippen molar-refractivity contribution >= 4 is 23.2 Å². The number of aliphatic carboxylic acids is 1.